The van der Waals surface area contributed by atoms with Crippen LogP contribution in [-0.2, 0) is 20.8 Å². The first-order chi connectivity index (χ1) is 14.1. The molecule has 0 aliphatic carbocycles. The molecule has 1 N–H and O–H groups in total. The first-order valence-electron chi connectivity index (χ1n) is 10.8. The first-order valence-corrected chi connectivity index (χ1v) is 10.8. The number of amidine groups is 1. The Labute approximate surface area is 173 Å². The van der Waals surface area contributed by atoms with Gasteiger partial charge in [0.2, 0.25) is 5.95 Å². The minimum Gasteiger partial charge on any atom is -0.378 e. The Kier molecular flexibility index (Phi) is 5.98. The summed E-state index contributed by atoms with van der Waals surface area (Å²) in [7, 11) is 2.08. The van der Waals surface area contributed by atoms with Crippen LogP contribution in [0.5, 0.6) is 0 Å². The van der Waals surface area contributed by atoms with Crippen molar-refractivity contribution in [3.8, 4) is 0 Å². The molecule has 162 valence electrons. The molecule has 9 nitrogen and oxygen atoms in total. The maximum atomic E-state index is 8.87. The normalized spacial score (nSPS) is 21.8. The standard InChI is InChI=1S/C20H34N6O3/c1-4-23(3)18-16(17(21)24-10-12-27-13-11-24)22-19(26(18)5-2)25-8-6-20(7-9-25)28-14-15-29-20/h21H,4-15H2,1-3H3. The van der Waals surface area contributed by atoms with Crippen molar-refractivity contribution in [3.63, 3.8) is 0 Å². The lowest BCUT2D eigenvalue weighted by Crippen LogP contribution is -2.46. The van der Waals surface area contributed by atoms with Gasteiger partial charge >= 0.3 is 0 Å². The molecule has 4 heterocycles. The molecule has 3 aliphatic heterocycles. The van der Waals surface area contributed by atoms with Gasteiger partial charge in [-0.15, -0.1) is 0 Å². The number of anilines is 2. The summed E-state index contributed by atoms with van der Waals surface area (Å²) in [4.78, 5) is 11.6. The van der Waals surface area contributed by atoms with E-state index in [9.17, 15) is 0 Å². The predicted molar refractivity (Wildman–Crippen MR) is 112 cm³/mol. The molecule has 1 aromatic rings. The third kappa shape index (κ3) is 3.83. The molecule has 0 amide bonds. The van der Waals surface area contributed by atoms with Crippen molar-refractivity contribution < 1.29 is 14.2 Å². The van der Waals surface area contributed by atoms with Crippen molar-refractivity contribution in [2.75, 3.05) is 76.0 Å². The maximum Gasteiger partial charge on any atom is 0.207 e. The summed E-state index contributed by atoms with van der Waals surface area (Å²) in [6, 6.07) is 0. The van der Waals surface area contributed by atoms with Gasteiger partial charge in [0.05, 0.1) is 26.4 Å². The van der Waals surface area contributed by atoms with Crippen LogP contribution in [0.25, 0.3) is 0 Å². The molecule has 0 aromatic carbocycles. The van der Waals surface area contributed by atoms with Crippen molar-refractivity contribution in [2.24, 2.45) is 0 Å². The minimum atomic E-state index is -0.396. The summed E-state index contributed by atoms with van der Waals surface area (Å²) in [5, 5.41) is 8.87. The number of aromatic nitrogens is 2. The molecule has 0 unspecified atom stereocenters. The van der Waals surface area contributed by atoms with Crippen molar-refractivity contribution >= 4 is 17.6 Å². The van der Waals surface area contributed by atoms with Crippen LogP contribution in [0.15, 0.2) is 0 Å². The van der Waals surface area contributed by atoms with E-state index in [2.05, 4.69) is 40.2 Å². The zero-order chi connectivity index (χ0) is 20.4. The maximum absolute atomic E-state index is 8.87. The predicted octanol–water partition coefficient (Wildman–Crippen LogP) is 1.36. The number of rotatable bonds is 5. The Balaban J connectivity index is 1.63. The van der Waals surface area contributed by atoms with E-state index in [1.807, 2.05) is 0 Å². The second-order valence-electron chi connectivity index (χ2n) is 7.89. The molecule has 4 rings (SSSR count). The quantitative estimate of drug-likeness (QED) is 0.584. The van der Waals surface area contributed by atoms with Crippen LogP contribution in [0.3, 0.4) is 0 Å². The summed E-state index contributed by atoms with van der Waals surface area (Å²) in [6.45, 7) is 11.8. The van der Waals surface area contributed by atoms with E-state index in [-0.39, 0.29) is 0 Å². The van der Waals surface area contributed by atoms with Crippen LogP contribution in [0.4, 0.5) is 11.8 Å². The Hall–Kier alpha value is -1.84. The average molecular weight is 407 g/mol. The van der Waals surface area contributed by atoms with Gasteiger partial charge in [0.1, 0.15) is 11.5 Å². The molecule has 29 heavy (non-hydrogen) atoms. The highest BCUT2D eigenvalue weighted by Gasteiger charge is 2.41. The van der Waals surface area contributed by atoms with Crippen molar-refractivity contribution in [1.82, 2.24) is 14.5 Å². The van der Waals surface area contributed by atoms with Gasteiger partial charge in [0, 0.05) is 59.2 Å². The van der Waals surface area contributed by atoms with Gasteiger partial charge in [-0.05, 0) is 13.8 Å². The molecule has 3 fully saturated rings. The molecule has 3 aliphatic rings. The number of hydrogen-bond acceptors (Lipinski definition) is 7. The molecule has 0 saturated carbocycles. The highest BCUT2D eigenvalue weighted by molar-refractivity contribution is 6.00. The smallest absolute Gasteiger partial charge is 0.207 e. The molecule has 1 spiro atoms. The molecule has 0 atom stereocenters. The molecule has 0 radical (unpaired) electrons. The number of ether oxygens (including phenoxy) is 3. The van der Waals surface area contributed by atoms with Gasteiger partial charge in [-0.3, -0.25) is 9.98 Å². The van der Waals surface area contributed by atoms with E-state index in [4.69, 9.17) is 24.6 Å². The van der Waals surface area contributed by atoms with Gasteiger partial charge < -0.3 is 28.9 Å². The number of nitrogens with one attached hydrogen (secondary N) is 1. The Bertz CT molecular complexity index is 714. The lowest BCUT2D eigenvalue weighted by molar-refractivity contribution is -0.169. The van der Waals surface area contributed by atoms with Crippen molar-refractivity contribution in [1.29, 1.82) is 5.41 Å². The van der Waals surface area contributed by atoms with Crippen molar-refractivity contribution in [2.45, 2.75) is 39.0 Å². The Morgan fingerprint density at radius 2 is 1.72 bits per heavy atom. The highest BCUT2D eigenvalue weighted by Crippen LogP contribution is 2.35. The van der Waals surface area contributed by atoms with E-state index >= 15 is 0 Å². The summed E-state index contributed by atoms with van der Waals surface area (Å²) in [6.07, 6.45) is 1.69. The third-order valence-electron chi connectivity index (χ3n) is 6.25. The SMILES string of the molecule is CCN(C)c1c(C(=N)N2CCOCC2)nc(N2CCC3(CC2)OCCO3)n1CC. The number of nitrogens with zero attached hydrogens (tertiary/aromatic N) is 5. The van der Waals surface area contributed by atoms with E-state index in [1.165, 1.54) is 0 Å². The summed E-state index contributed by atoms with van der Waals surface area (Å²) in [5.74, 6) is 2.07. The topological polar surface area (TPSA) is 79.1 Å². The van der Waals surface area contributed by atoms with Crippen molar-refractivity contribution in [3.05, 3.63) is 5.69 Å². The van der Waals surface area contributed by atoms with E-state index in [0.717, 1.165) is 69.6 Å². The summed E-state index contributed by atoms with van der Waals surface area (Å²) in [5.41, 5.74) is 0.766. The van der Waals surface area contributed by atoms with Gasteiger partial charge in [-0.25, -0.2) is 4.98 Å². The fourth-order valence-corrected chi connectivity index (χ4v) is 4.43. The lowest BCUT2D eigenvalue weighted by atomic mass is 10.0. The molecule has 9 heteroatoms. The number of morpholine rings is 1. The first kappa shape index (κ1) is 20.4. The fraction of sp³-hybridized carbons (Fsp3) is 0.800. The van der Waals surface area contributed by atoms with Gasteiger partial charge in [0.15, 0.2) is 11.6 Å². The molecular formula is C20H34N6O3. The number of hydrogen-bond donors (Lipinski definition) is 1. The zero-order valence-corrected chi connectivity index (χ0v) is 17.9. The van der Waals surface area contributed by atoms with Gasteiger partial charge in [-0.2, -0.15) is 0 Å². The molecule has 1 aromatic heterocycles. The minimum absolute atomic E-state index is 0.396. The lowest BCUT2D eigenvalue weighted by Gasteiger charge is -2.38. The largest absolute Gasteiger partial charge is 0.378 e. The van der Waals surface area contributed by atoms with E-state index < -0.39 is 5.79 Å². The second kappa shape index (κ2) is 8.49. The zero-order valence-electron chi connectivity index (χ0n) is 17.9. The van der Waals surface area contributed by atoms with Crippen LogP contribution in [0, 0.1) is 5.41 Å². The Morgan fingerprint density at radius 3 is 2.31 bits per heavy atom. The van der Waals surface area contributed by atoms with Crippen LogP contribution in [0.1, 0.15) is 32.4 Å². The molecule has 0 bridgehead atoms. The van der Waals surface area contributed by atoms with Crippen LogP contribution < -0.4 is 9.80 Å². The average Bonchev–Trinajstić information content (AvgIpc) is 3.38. The van der Waals surface area contributed by atoms with Crippen LogP contribution >= 0.6 is 0 Å². The third-order valence-corrected chi connectivity index (χ3v) is 6.25. The molecular weight excluding hydrogens is 372 g/mol. The van der Waals surface area contributed by atoms with Gasteiger partial charge in [-0.1, -0.05) is 0 Å². The van der Waals surface area contributed by atoms with E-state index in [1.54, 1.807) is 0 Å². The molecule has 3 saturated heterocycles. The second-order valence-corrected chi connectivity index (χ2v) is 7.89. The summed E-state index contributed by atoms with van der Waals surface area (Å²) >= 11 is 0. The Morgan fingerprint density at radius 1 is 1.07 bits per heavy atom. The monoisotopic (exact) mass is 406 g/mol. The number of piperidine rings is 1. The highest BCUT2D eigenvalue weighted by atomic mass is 16.7. The van der Waals surface area contributed by atoms with Crippen LogP contribution in [0.2, 0.25) is 0 Å². The van der Waals surface area contributed by atoms with E-state index in [0.29, 0.717) is 32.3 Å². The fourth-order valence-electron chi connectivity index (χ4n) is 4.43. The van der Waals surface area contributed by atoms with Crippen LogP contribution in [-0.4, -0.2) is 92.3 Å². The number of imidazole rings is 1. The van der Waals surface area contributed by atoms with Gasteiger partial charge in [0.25, 0.3) is 0 Å². The summed E-state index contributed by atoms with van der Waals surface area (Å²) < 4.78 is 19.5.